The quantitative estimate of drug-likeness (QED) is 0.893. The first-order valence-corrected chi connectivity index (χ1v) is 8.28. The first-order chi connectivity index (χ1) is 8.96. The van der Waals surface area contributed by atoms with Crippen molar-refractivity contribution in [3.05, 3.63) is 28.2 Å². The zero-order chi connectivity index (χ0) is 14.0. The van der Waals surface area contributed by atoms with E-state index in [0.29, 0.717) is 30.8 Å². The lowest BCUT2D eigenvalue weighted by atomic mass is 10.2. The lowest BCUT2D eigenvalue weighted by molar-refractivity contribution is 0.0392. The van der Waals surface area contributed by atoms with Crippen molar-refractivity contribution < 1.29 is 13.2 Å². The fourth-order valence-electron chi connectivity index (χ4n) is 2.08. The number of halogens is 1. The number of hydrogen-bond donors (Lipinski definition) is 1. The van der Waals surface area contributed by atoms with Gasteiger partial charge in [0.15, 0.2) is 0 Å². The Hall–Kier alpha value is -0.470. The van der Waals surface area contributed by atoms with E-state index in [1.165, 1.54) is 4.31 Å². The molecule has 19 heavy (non-hydrogen) atoms. The second kappa shape index (κ2) is 5.88. The second-order valence-corrected chi connectivity index (χ2v) is 7.22. The van der Waals surface area contributed by atoms with Gasteiger partial charge in [-0.3, -0.25) is 0 Å². The van der Waals surface area contributed by atoms with Gasteiger partial charge in [-0.1, -0.05) is 6.07 Å². The van der Waals surface area contributed by atoms with E-state index in [4.69, 9.17) is 10.5 Å². The molecule has 1 aliphatic rings. The lowest BCUT2D eigenvalue weighted by Crippen LogP contribution is -2.47. The van der Waals surface area contributed by atoms with Crippen molar-refractivity contribution in [1.29, 1.82) is 0 Å². The summed E-state index contributed by atoms with van der Waals surface area (Å²) in [5.74, 6) is 0. The van der Waals surface area contributed by atoms with Crippen molar-refractivity contribution in [1.82, 2.24) is 4.31 Å². The van der Waals surface area contributed by atoms with E-state index < -0.39 is 10.0 Å². The van der Waals surface area contributed by atoms with Crippen LogP contribution in [0.5, 0.6) is 0 Å². The maximum absolute atomic E-state index is 12.6. The Labute approximate surface area is 121 Å². The summed E-state index contributed by atoms with van der Waals surface area (Å²) in [4.78, 5) is 0.276. The van der Waals surface area contributed by atoms with Crippen LogP contribution in [0.25, 0.3) is 0 Å². The Bertz CT molecular complexity index is 562. The zero-order valence-corrected chi connectivity index (χ0v) is 13.1. The molecule has 7 heteroatoms. The molecule has 1 saturated heterocycles. The van der Waals surface area contributed by atoms with E-state index in [1.807, 2.05) is 6.92 Å². The summed E-state index contributed by atoms with van der Waals surface area (Å²) in [5, 5.41) is 0. The van der Waals surface area contributed by atoms with Gasteiger partial charge in [-0.2, -0.15) is 4.31 Å². The number of ether oxygens (including phenoxy) is 1. The van der Waals surface area contributed by atoms with Gasteiger partial charge >= 0.3 is 0 Å². The van der Waals surface area contributed by atoms with Crippen LogP contribution in [0.2, 0.25) is 0 Å². The van der Waals surface area contributed by atoms with E-state index in [2.05, 4.69) is 15.9 Å². The summed E-state index contributed by atoms with van der Waals surface area (Å²) in [6.07, 6.45) is 0. The molecule has 0 spiro atoms. The SMILES string of the molecule is CC1COCCN1S(=O)(=O)c1ccc(CN)cc1Br. The Morgan fingerprint density at radius 3 is 2.84 bits per heavy atom. The fraction of sp³-hybridized carbons (Fsp3) is 0.500. The van der Waals surface area contributed by atoms with Crippen LogP contribution in [0.1, 0.15) is 12.5 Å². The summed E-state index contributed by atoms with van der Waals surface area (Å²) in [7, 11) is -3.50. The summed E-state index contributed by atoms with van der Waals surface area (Å²) >= 11 is 3.32. The second-order valence-electron chi connectivity index (χ2n) is 4.51. The van der Waals surface area contributed by atoms with Crippen LogP contribution in [0.15, 0.2) is 27.6 Å². The Kier molecular flexibility index (Phi) is 4.62. The highest BCUT2D eigenvalue weighted by atomic mass is 79.9. The third kappa shape index (κ3) is 3.00. The Balaban J connectivity index is 2.38. The largest absolute Gasteiger partial charge is 0.378 e. The molecule has 5 nitrogen and oxygen atoms in total. The average molecular weight is 349 g/mol. The first-order valence-electron chi connectivity index (χ1n) is 6.05. The van der Waals surface area contributed by atoms with E-state index in [0.717, 1.165) is 5.56 Å². The molecule has 1 atom stereocenters. The minimum atomic E-state index is -3.50. The molecule has 0 saturated carbocycles. The van der Waals surface area contributed by atoms with Crippen LogP contribution < -0.4 is 5.73 Å². The molecule has 2 rings (SSSR count). The van der Waals surface area contributed by atoms with Gasteiger partial charge in [-0.15, -0.1) is 0 Å². The van der Waals surface area contributed by atoms with Crippen molar-refractivity contribution in [3.63, 3.8) is 0 Å². The minimum Gasteiger partial charge on any atom is -0.378 e. The fourth-order valence-corrected chi connectivity index (χ4v) is 4.76. The average Bonchev–Trinajstić information content (AvgIpc) is 2.38. The van der Waals surface area contributed by atoms with Crippen LogP contribution >= 0.6 is 15.9 Å². The molecule has 1 aliphatic heterocycles. The van der Waals surface area contributed by atoms with Crippen molar-refractivity contribution in [2.45, 2.75) is 24.4 Å². The molecule has 0 aliphatic carbocycles. The maximum atomic E-state index is 12.6. The molecule has 1 aromatic carbocycles. The highest BCUT2D eigenvalue weighted by molar-refractivity contribution is 9.10. The van der Waals surface area contributed by atoms with Crippen molar-refractivity contribution >= 4 is 26.0 Å². The standard InChI is InChI=1S/C12H17BrN2O3S/c1-9-8-18-5-4-15(9)19(16,17)12-3-2-10(7-14)6-11(12)13/h2-3,6,9H,4-5,7-8,14H2,1H3. The smallest absolute Gasteiger partial charge is 0.244 e. The predicted molar refractivity (Wildman–Crippen MR) is 76.2 cm³/mol. The topological polar surface area (TPSA) is 72.6 Å². The molecule has 0 radical (unpaired) electrons. The van der Waals surface area contributed by atoms with Gasteiger partial charge in [0.2, 0.25) is 10.0 Å². The van der Waals surface area contributed by atoms with Gasteiger partial charge in [0, 0.05) is 23.6 Å². The van der Waals surface area contributed by atoms with Gasteiger partial charge in [-0.05, 0) is 40.5 Å². The van der Waals surface area contributed by atoms with Gasteiger partial charge in [0.1, 0.15) is 0 Å². The number of sulfonamides is 1. The predicted octanol–water partition coefficient (Wildman–Crippen LogP) is 1.32. The Morgan fingerprint density at radius 2 is 2.26 bits per heavy atom. The number of rotatable bonds is 3. The molecule has 0 amide bonds. The lowest BCUT2D eigenvalue weighted by Gasteiger charge is -2.32. The highest BCUT2D eigenvalue weighted by Crippen LogP contribution is 2.28. The molecule has 1 fully saturated rings. The van der Waals surface area contributed by atoms with Crippen LogP contribution in [-0.4, -0.2) is 38.5 Å². The minimum absolute atomic E-state index is 0.153. The van der Waals surface area contributed by atoms with E-state index in [-0.39, 0.29) is 10.9 Å². The third-order valence-corrected chi connectivity index (χ3v) is 6.12. The van der Waals surface area contributed by atoms with Gasteiger partial charge in [0.25, 0.3) is 0 Å². The van der Waals surface area contributed by atoms with Crippen molar-refractivity contribution in [3.8, 4) is 0 Å². The van der Waals surface area contributed by atoms with Gasteiger partial charge < -0.3 is 10.5 Å². The first kappa shape index (κ1) is 14.9. The van der Waals surface area contributed by atoms with Crippen LogP contribution in [0.4, 0.5) is 0 Å². The summed E-state index contributed by atoms with van der Waals surface area (Å²) < 4.78 is 32.6. The highest BCUT2D eigenvalue weighted by Gasteiger charge is 2.32. The van der Waals surface area contributed by atoms with Gasteiger partial charge in [0.05, 0.1) is 18.1 Å². The number of benzene rings is 1. The summed E-state index contributed by atoms with van der Waals surface area (Å²) in [6, 6.07) is 4.93. The number of hydrogen-bond acceptors (Lipinski definition) is 4. The van der Waals surface area contributed by atoms with Gasteiger partial charge in [-0.25, -0.2) is 8.42 Å². The molecule has 1 heterocycles. The van der Waals surface area contributed by atoms with Crippen molar-refractivity contribution in [2.75, 3.05) is 19.8 Å². The maximum Gasteiger partial charge on any atom is 0.244 e. The molecule has 0 aromatic heterocycles. The van der Waals surface area contributed by atoms with Crippen molar-refractivity contribution in [2.24, 2.45) is 5.73 Å². The Morgan fingerprint density at radius 1 is 1.53 bits per heavy atom. The third-order valence-electron chi connectivity index (χ3n) is 3.13. The van der Waals surface area contributed by atoms with Crippen LogP contribution in [-0.2, 0) is 21.3 Å². The van der Waals surface area contributed by atoms with E-state index >= 15 is 0 Å². The molecular formula is C12H17BrN2O3S. The number of nitrogens with two attached hydrogens (primary N) is 1. The van der Waals surface area contributed by atoms with Crippen LogP contribution in [0.3, 0.4) is 0 Å². The molecular weight excluding hydrogens is 332 g/mol. The number of morpholine rings is 1. The zero-order valence-electron chi connectivity index (χ0n) is 10.7. The summed E-state index contributed by atoms with van der Waals surface area (Å²) in [6.45, 7) is 3.47. The number of nitrogens with zero attached hydrogens (tertiary/aromatic N) is 1. The van der Waals surface area contributed by atoms with E-state index in [9.17, 15) is 8.42 Å². The van der Waals surface area contributed by atoms with Crippen LogP contribution in [0, 0.1) is 0 Å². The normalized spacial score (nSPS) is 21.5. The molecule has 2 N–H and O–H groups in total. The molecule has 106 valence electrons. The molecule has 1 unspecified atom stereocenters. The molecule has 0 bridgehead atoms. The summed E-state index contributed by atoms with van der Waals surface area (Å²) in [5.41, 5.74) is 6.44. The molecule has 1 aromatic rings. The van der Waals surface area contributed by atoms with E-state index in [1.54, 1.807) is 18.2 Å². The monoisotopic (exact) mass is 348 g/mol.